The fourth-order valence-electron chi connectivity index (χ4n) is 2.36. The molecule has 1 aromatic carbocycles. The van der Waals surface area contributed by atoms with Gasteiger partial charge < -0.3 is 9.72 Å². The number of ketones is 1. The molecule has 1 N–H and O–H groups in total. The Hall–Kier alpha value is -2.95. The summed E-state index contributed by atoms with van der Waals surface area (Å²) in [4.78, 5) is 31.1. The van der Waals surface area contributed by atoms with Gasteiger partial charge in [0.05, 0.1) is 13.5 Å². The van der Waals surface area contributed by atoms with Crippen LogP contribution in [0.4, 0.5) is 0 Å². The lowest BCUT2D eigenvalue weighted by Gasteiger charge is -2.03. The van der Waals surface area contributed by atoms with Crippen molar-refractivity contribution in [1.82, 2.24) is 9.97 Å². The molecule has 0 spiro atoms. The van der Waals surface area contributed by atoms with E-state index in [9.17, 15) is 9.59 Å². The number of benzene rings is 1. The van der Waals surface area contributed by atoms with Crippen molar-refractivity contribution in [2.45, 2.75) is 6.42 Å². The molecule has 5 nitrogen and oxygen atoms in total. The average Bonchev–Trinajstić information content (AvgIpc) is 2.98. The molecule has 0 saturated heterocycles. The first kappa shape index (κ1) is 14.0. The molecule has 2 heterocycles. The van der Waals surface area contributed by atoms with E-state index in [1.54, 1.807) is 18.5 Å². The predicted molar refractivity (Wildman–Crippen MR) is 81.7 cm³/mol. The Morgan fingerprint density at radius 2 is 2.05 bits per heavy atom. The molecule has 22 heavy (non-hydrogen) atoms. The van der Waals surface area contributed by atoms with Crippen LogP contribution < -0.4 is 0 Å². The van der Waals surface area contributed by atoms with E-state index in [-0.39, 0.29) is 18.2 Å². The minimum absolute atomic E-state index is 0.0957. The molecule has 0 amide bonds. The molecule has 0 radical (unpaired) electrons. The largest absolute Gasteiger partial charge is 0.469 e. The van der Waals surface area contributed by atoms with Crippen LogP contribution in [0.3, 0.4) is 0 Å². The third-order valence-corrected chi connectivity index (χ3v) is 3.47. The number of carbonyl (C=O) groups is 2. The number of ether oxygens (including phenoxy) is 1. The number of fused-ring (bicyclic) bond motifs is 1. The van der Waals surface area contributed by atoms with Crippen LogP contribution >= 0.6 is 0 Å². The number of aromatic nitrogens is 2. The third-order valence-electron chi connectivity index (χ3n) is 3.47. The summed E-state index contributed by atoms with van der Waals surface area (Å²) in [7, 11) is 1.33. The highest BCUT2D eigenvalue weighted by atomic mass is 16.5. The fraction of sp³-hybridized carbons (Fsp3) is 0.118. The van der Waals surface area contributed by atoms with Gasteiger partial charge in [-0.2, -0.15) is 0 Å². The molecule has 0 fully saturated rings. The Balaban J connectivity index is 1.95. The number of aromatic amines is 1. The number of pyridine rings is 1. The van der Waals surface area contributed by atoms with Crippen LogP contribution in [0, 0.1) is 0 Å². The maximum Gasteiger partial charge on any atom is 0.310 e. The molecule has 110 valence electrons. The number of hydrogen-bond acceptors (Lipinski definition) is 4. The number of methoxy groups -OCH3 is 1. The lowest BCUT2D eigenvalue weighted by atomic mass is 10.0. The van der Waals surface area contributed by atoms with E-state index in [1.807, 2.05) is 24.3 Å². The topological polar surface area (TPSA) is 72.0 Å². The molecule has 3 aromatic rings. The molecule has 5 heteroatoms. The Labute approximate surface area is 126 Å². The maximum absolute atomic E-state index is 12.7. The number of esters is 1. The summed E-state index contributed by atoms with van der Waals surface area (Å²) in [6.45, 7) is 0. The van der Waals surface area contributed by atoms with Gasteiger partial charge in [0.1, 0.15) is 0 Å². The fourth-order valence-corrected chi connectivity index (χ4v) is 2.36. The molecule has 0 aliphatic rings. The van der Waals surface area contributed by atoms with Gasteiger partial charge in [-0.15, -0.1) is 0 Å². The van der Waals surface area contributed by atoms with Crippen LogP contribution in [0.15, 0.2) is 48.9 Å². The van der Waals surface area contributed by atoms with Crippen molar-refractivity contribution in [3.05, 3.63) is 65.6 Å². The second-order valence-corrected chi connectivity index (χ2v) is 4.91. The van der Waals surface area contributed by atoms with Crippen molar-refractivity contribution < 1.29 is 14.3 Å². The number of nitrogens with zero attached hydrogens (tertiary/aromatic N) is 1. The van der Waals surface area contributed by atoms with E-state index < -0.39 is 0 Å². The maximum atomic E-state index is 12.7. The Bertz CT molecular complexity index is 852. The SMILES string of the molecule is COC(=O)Cc1cncc(C(=O)c2c[nH]c3ccccc23)c1. The van der Waals surface area contributed by atoms with E-state index in [2.05, 4.69) is 14.7 Å². The zero-order chi connectivity index (χ0) is 15.5. The quantitative estimate of drug-likeness (QED) is 0.593. The van der Waals surface area contributed by atoms with E-state index in [0.29, 0.717) is 16.7 Å². The van der Waals surface area contributed by atoms with Gasteiger partial charge in [0, 0.05) is 40.6 Å². The van der Waals surface area contributed by atoms with Crippen molar-refractivity contribution in [3.8, 4) is 0 Å². The summed E-state index contributed by atoms with van der Waals surface area (Å²) < 4.78 is 4.63. The van der Waals surface area contributed by atoms with Crippen LogP contribution in [0.25, 0.3) is 10.9 Å². The summed E-state index contributed by atoms with van der Waals surface area (Å²) >= 11 is 0. The molecule has 3 rings (SSSR count). The molecular formula is C17H14N2O3. The summed E-state index contributed by atoms with van der Waals surface area (Å²) in [6.07, 6.45) is 4.85. The van der Waals surface area contributed by atoms with Gasteiger partial charge in [0.2, 0.25) is 0 Å². The van der Waals surface area contributed by atoms with Crippen molar-refractivity contribution in [1.29, 1.82) is 0 Å². The Morgan fingerprint density at radius 3 is 2.86 bits per heavy atom. The Morgan fingerprint density at radius 1 is 1.23 bits per heavy atom. The zero-order valence-electron chi connectivity index (χ0n) is 12.0. The molecule has 0 saturated carbocycles. The number of rotatable bonds is 4. The van der Waals surface area contributed by atoms with Crippen molar-refractivity contribution >= 4 is 22.7 Å². The third kappa shape index (κ3) is 2.61. The highest BCUT2D eigenvalue weighted by Crippen LogP contribution is 2.21. The molecule has 0 atom stereocenters. The van der Waals surface area contributed by atoms with E-state index >= 15 is 0 Å². The van der Waals surface area contributed by atoms with Gasteiger partial charge in [-0.05, 0) is 17.7 Å². The highest BCUT2D eigenvalue weighted by molar-refractivity contribution is 6.16. The van der Waals surface area contributed by atoms with Gasteiger partial charge in [0.15, 0.2) is 5.78 Å². The molecule has 2 aromatic heterocycles. The summed E-state index contributed by atoms with van der Waals surface area (Å²) in [5, 5.41) is 0.867. The minimum Gasteiger partial charge on any atom is -0.469 e. The minimum atomic E-state index is -0.363. The van der Waals surface area contributed by atoms with E-state index in [1.165, 1.54) is 13.3 Å². The van der Waals surface area contributed by atoms with E-state index in [0.717, 1.165) is 10.9 Å². The first-order valence-corrected chi connectivity index (χ1v) is 6.80. The van der Waals surface area contributed by atoms with Crippen molar-refractivity contribution in [3.63, 3.8) is 0 Å². The Kier molecular flexibility index (Phi) is 3.70. The standard InChI is InChI=1S/C17H14N2O3/c1-22-16(20)7-11-6-12(9-18-8-11)17(21)14-10-19-15-5-3-2-4-13(14)15/h2-6,8-10,19H,7H2,1H3. The van der Waals surface area contributed by atoms with Crippen LogP contribution in [0.2, 0.25) is 0 Å². The van der Waals surface area contributed by atoms with Gasteiger partial charge in [-0.25, -0.2) is 0 Å². The number of nitrogens with one attached hydrogen (secondary N) is 1. The van der Waals surface area contributed by atoms with Crippen LogP contribution in [0.1, 0.15) is 21.5 Å². The van der Waals surface area contributed by atoms with Gasteiger partial charge in [-0.1, -0.05) is 18.2 Å². The van der Waals surface area contributed by atoms with Crippen molar-refractivity contribution in [2.75, 3.05) is 7.11 Å². The van der Waals surface area contributed by atoms with Gasteiger partial charge >= 0.3 is 5.97 Å². The number of para-hydroxylation sites is 1. The van der Waals surface area contributed by atoms with E-state index in [4.69, 9.17) is 0 Å². The van der Waals surface area contributed by atoms with Crippen LogP contribution in [-0.4, -0.2) is 28.8 Å². The predicted octanol–water partition coefficient (Wildman–Crippen LogP) is 2.51. The van der Waals surface area contributed by atoms with Gasteiger partial charge in [0.25, 0.3) is 0 Å². The molecule has 0 aliphatic carbocycles. The summed E-state index contributed by atoms with van der Waals surface area (Å²) in [5.74, 6) is -0.491. The van der Waals surface area contributed by atoms with Crippen LogP contribution in [-0.2, 0) is 16.0 Å². The molecule has 0 unspecified atom stereocenters. The first-order chi connectivity index (χ1) is 10.7. The summed E-state index contributed by atoms with van der Waals surface area (Å²) in [6, 6.07) is 9.28. The average molecular weight is 294 g/mol. The van der Waals surface area contributed by atoms with Gasteiger partial charge in [-0.3, -0.25) is 14.6 Å². The zero-order valence-corrected chi connectivity index (χ0v) is 12.0. The molecule has 0 bridgehead atoms. The number of hydrogen-bond donors (Lipinski definition) is 1. The molecule has 0 aliphatic heterocycles. The van der Waals surface area contributed by atoms with Crippen molar-refractivity contribution in [2.24, 2.45) is 0 Å². The number of H-pyrrole nitrogens is 1. The second-order valence-electron chi connectivity index (χ2n) is 4.91. The first-order valence-electron chi connectivity index (χ1n) is 6.80. The van der Waals surface area contributed by atoms with Crippen LogP contribution in [0.5, 0.6) is 0 Å². The summed E-state index contributed by atoms with van der Waals surface area (Å²) in [5.41, 5.74) is 2.60. The smallest absolute Gasteiger partial charge is 0.310 e. The highest BCUT2D eigenvalue weighted by Gasteiger charge is 2.15. The lowest BCUT2D eigenvalue weighted by molar-refractivity contribution is -0.139. The normalized spacial score (nSPS) is 10.6. The lowest BCUT2D eigenvalue weighted by Crippen LogP contribution is -2.07. The molecular weight excluding hydrogens is 280 g/mol. The second kappa shape index (κ2) is 5.81. The monoisotopic (exact) mass is 294 g/mol. The number of carbonyl (C=O) groups excluding carboxylic acids is 2.